The van der Waals surface area contributed by atoms with Crippen molar-refractivity contribution in [2.24, 2.45) is 0 Å². The van der Waals surface area contributed by atoms with E-state index in [-0.39, 0.29) is 5.41 Å². The molecule has 0 amide bonds. The summed E-state index contributed by atoms with van der Waals surface area (Å²) in [5.74, 6) is 0. The van der Waals surface area contributed by atoms with Crippen molar-refractivity contribution >= 4 is 17.1 Å². The van der Waals surface area contributed by atoms with Crippen molar-refractivity contribution < 1.29 is 0 Å². The van der Waals surface area contributed by atoms with Crippen LogP contribution < -0.4 is 4.90 Å². The maximum atomic E-state index is 2.56. The SMILES string of the molecule is CC1(C)c2ccccc2-c2ccc(N(c3ccccc3-c3ccccc3)c3cccc4c3-c3ccccc3C43c4ccccc4-c4cccc(-c5ccccc5)c43)cc21. The van der Waals surface area contributed by atoms with Crippen molar-refractivity contribution in [3.8, 4) is 55.6 Å². The third-order valence-corrected chi connectivity index (χ3v) is 13.5. The number of anilines is 3. The maximum absolute atomic E-state index is 2.56. The summed E-state index contributed by atoms with van der Waals surface area (Å²) in [7, 11) is 0. The summed E-state index contributed by atoms with van der Waals surface area (Å²) in [5.41, 5.74) is 23.6. The molecule has 9 aromatic carbocycles. The summed E-state index contributed by atoms with van der Waals surface area (Å²) in [6, 6.07) is 79.2. The highest BCUT2D eigenvalue weighted by atomic mass is 15.1. The van der Waals surface area contributed by atoms with Gasteiger partial charge in [0.2, 0.25) is 0 Å². The van der Waals surface area contributed by atoms with E-state index in [2.05, 4.69) is 231 Å². The highest BCUT2D eigenvalue weighted by molar-refractivity contribution is 6.04. The normalized spacial score (nSPS) is 15.8. The Morgan fingerprint density at radius 2 is 0.797 bits per heavy atom. The highest BCUT2D eigenvalue weighted by Gasteiger charge is 2.53. The third kappa shape index (κ3) is 4.62. The Kier molecular flexibility index (Phi) is 7.26. The molecule has 0 N–H and O–H groups in total. The third-order valence-electron chi connectivity index (χ3n) is 13.5. The molecule has 278 valence electrons. The summed E-state index contributed by atoms with van der Waals surface area (Å²) in [6.07, 6.45) is 0. The zero-order valence-corrected chi connectivity index (χ0v) is 33.2. The van der Waals surface area contributed by atoms with E-state index in [4.69, 9.17) is 0 Å². The minimum Gasteiger partial charge on any atom is -0.309 e. The molecule has 0 bridgehead atoms. The number of fused-ring (bicyclic) bond motifs is 13. The van der Waals surface area contributed by atoms with Crippen LogP contribution >= 0.6 is 0 Å². The van der Waals surface area contributed by atoms with Crippen molar-refractivity contribution in [3.05, 3.63) is 246 Å². The Bertz CT molecular complexity index is 3140. The summed E-state index contributed by atoms with van der Waals surface area (Å²) >= 11 is 0. The average Bonchev–Trinajstić information content (AvgIpc) is 3.86. The summed E-state index contributed by atoms with van der Waals surface area (Å²) < 4.78 is 0. The molecule has 0 heterocycles. The highest BCUT2D eigenvalue weighted by Crippen LogP contribution is 2.66. The quantitative estimate of drug-likeness (QED) is 0.169. The molecule has 0 aromatic heterocycles. The van der Waals surface area contributed by atoms with Crippen LogP contribution in [0.15, 0.2) is 212 Å². The first kappa shape index (κ1) is 33.9. The van der Waals surface area contributed by atoms with Gasteiger partial charge in [-0.2, -0.15) is 0 Å². The van der Waals surface area contributed by atoms with Crippen molar-refractivity contribution in [2.75, 3.05) is 4.90 Å². The molecule has 0 saturated heterocycles. The van der Waals surface area contributed by atoms with Gasteiger partial charge in [-0.1, -0.05) is 202 Å². The number of hydrogen-bond donors (Lipinski definition) is 0. The van der Waals surface area contributed by atoms with Crippen LogP contribution in [-0.2, 0) is 10.8 Å². The summed E-state index contributed by atoms with van der Waals surface area (Å²) in [5, 5.41) is 0. The van der Waals surface area contributed by atoms with E-state index in [9.17, 15) is 0 Å². The van der Waals surface area contributed by atoms with Crippen molar-refractivity contribution in [1.29, 1.82) is 0 Å². The molecular formula is C58H41N. The molecule has 12 rings (SSSR count). The number of para-hydroxylation sites is 1. The largest absolute Gasteiger partial charge is 0.309 e. The van der Waals surface area contributed by atoms with Crippen LogP contribution in [0, 0.1) is 0 Å². The molecule has 1 nitrogen and oxygen atoms in total. The molecular weight excluding hydrogens is 711 g/mol. The summed E-state index contributed by atoms with van der Waals surface area (Å²) in [6.45, 7) is 4.76. The number of rotatable bonds is 5. The number of benzene rings is 9. The van der Waals surface area contributed by atoms with Gasteiger partial charge in [-0.15, -0.1) is 0 Å². The lowest BCUT2D eigenvalue weighted by atomic mass is 9.68. The van der Waals surface area contributed by atoms with E-state index in [0.717, 1.165) is 11.4 Å². The van der Waals surface area contributed by atoms with E-state index in [1.54, 1.807) is 0 Å². The molecule has 1 spiro atoms. The molecule has 59 heavy (non-hydrogen) atoms. The summed E-state index contributed by atoms with van der Waals surface area (Å²) in [4.78, 5) is 2.56. The lowest BCUT2D eigenvalue weighted by Crippen LogP contribution is -2.26. The standard InChI is InChI=1S/C58H41N/c1-57(2)48-29-13-9-24-43(48)45-36-35-40(37-52(45)57)59(53-33-16-12-23-41(53)38-19-5-3-6-20-38)54-34-18-32-51-55(54)47-26-11-15-31-50(47)58(51)49-30-14-10-25-44(49)46-28-17-27-42(56(46)58)39-21-7-4-8-22-39/h3-37H,1-2H3. The van der Waals surface area contributed by atoms with Crippen LogP contribution in [-0.4, -0.2) is 0 Å². The second kappa shape index (κ2) is 12.6. The molecule has 3 aliphatic carbocycles. The topological polar surface area (TPSA) is 3.24 Å². The fourth-order valence-corrected chi connectivity index (χ4v) is 11.0. The Balaban J connectivity index is 1.18. The minimum atomic E-state index is -0.521. The van der Waals surface area contributed by atoms with Crippen molar-refractivity contribution in [3.63, 3.8) is 0 Å². The van der Waals surface area contributed by atoms with E-state index in [0.29, 0.717) is 0 Å². The van der Waals surface area contributed by atoms with Gasteiger partial charge >= 0.3 is 0 Å². The van der Waals surface area contributed by atoms with Gasteiger partial charge in [0.25, 0.3) is 0 Å². The van der Waals surface area contributed by atoms with Gasteiger partial charge in [0.1, 0.15) is 0 Å². The molecule has 9 aromatic rings. The van der Waals surface area contributed by atoms with E-state index in [1.807, 2.05) is 0 Å². The molecule has 3 aliphatic rings. The van der Waals surface area contributed by atoms with E-state index >= 15 is 0 Å². The lowest BCUT2D eigenvalue weighted by molar-refractivity contribution is 0.660. The first-order chi connectivity index (χ1) is 29.1. The monoisotopic (exact) mass is 751 g/mol. The van der Waals surface area contributed by atoms with Gasteiger partial charge in [0, 0.05) is 22.2 Å². The zero-order chi connectivity index (χ0) is 39.3. The van der Waals surface area contributed by atoms with E-state index in [1.165, 1.54) is 94.7 Å². The van der Waals surface area contributed by atoms with Gasteiger partial charge in [-0.05, 0) is 102 Å². The van der Waals surface area contributed by atoms with Crippen molar-refractivity contribution in [2.45, 2.75) is 24.7 Å². The molecule has 1 heteroatoms. The van der Waals surface area contributed by atoms with Crippen LogP contribution in [0.1, 0.15) is 47.2 Å². The molecule has 0 radical (unpaired) electrons. The maximum Gasteiger partial charge on any atom is 0.0732 e. The number of hydrogen-bond acceptors (Lipinski definition) is 1. The van der Waals surface area contributed by atoms with Gasteiger partial charge in [-0.3, -0.25) is 0 Å². The average molecular weight is 752 g/mol. The molecule has 1 unspecified atom stereocenters. The fraction of sp³-hybridized carbons (Fsp3) is 0.0690. The minimum absolute atomic E-state index is 0.146. The van der Waals surface area contributed by atoms with Gasteiger partial charge in [-0.25, -0.2) is 0 Å². The van der Waals surface area contributed by atoms with Crippen LogP contribution in [0.25, 0.3) is 55.6 Å². The molecule has 1 atom stereocenters. The van der Waals surface area contributed by atoms with Crippen LogP contribution in [0.3, 0.4) is 0 Å². The van der Waals surface area contributed by atoms with Gasteiger partial charge in [0.15, 0.2) is 0 Å². The van der Waals surface area contributed by atoms with Crippen molar-refractivity contribution in [1.82, 2.24) is 0 Å². The van der Waals surface area contributed by atoms with Crippen LogP contribution in [0.5, 0.6) is 0 Å². The Morgan fingerprint density at radius 3 is 1.53 bits per heavy atom. The fourth-order valence-electron chi connectivity index (χ4n) is 11.0. The lowest BCUT2D eigenvalue weighted by Gasteiger charge is -2.34. The Labute approximate surface area is 346 Å². The molecule has 0 fully saturated rings. The van der Waals surface area contributed by atoms with E-state index < -0.39 is 5.41 Å². The Hall–Kier alpha value is -7.22. The second-order valence-corrected chi connectivity index (χ2v) is 16.8. The van der Waals surface area contributed by atoms with Crippen LogP contribution in [0.4, 0.5) is 17.1 Å². The first-order valence-electron chi connectivity index (χ1n) is 20.8. The smallest absolute Gasteiger partial charge is 0.0732 e. The number of nitrogens with zero attached hydrogens (tertiary/aromatic N) is 1. The molecule has 0 saturated carbocycles. The zero-order valence-electron chi connectivity index (χ0n) is 33.2. The first-order valence-corrected chi connectivity index (χ1v) is 20.8. The second-order valence-electron chi connectivity index (χ2n) is 16.8. The predicted octanol–water partition coefficient (Wildman–Crippen LogP) is 15.1. The predicted molar refractivity (Wildman–Crippen MR) is 246 cm³/mol. The van der Waals surface area contributed by atoms with Gasteiger partial charge in [0.05, 0.1) is 16.8 Å². The Morgan fingerprint density at radius 1 is 0.322 bits per heavy atom. The van der Waals surface area contributed by atoms with Crippen LogP contribution in [0.2, 0.25) is 0 Å². The van der Waals surface area contributed by atoms with Gasteiger partial charge < -0.3 is 4.90 Å². The molecule has 0 aliphatic heterocycles.